The Balaban J connectivity index is 1.97. The van der Waals surface area contributed by atoms with Gasteiger partial charge in [-0.2, -0.15) is 13.2 Å². The van der Waals surface area contributed by atoms with Crippen LogP contribution < -0.4 is 10.9 Å². The fraction of sp³-hybridized carbons (Fsp3) is 0.400. The van der Waals surface area contributed by atoms with Crippen molar-refractivity contribution in [2.24, 2.45) is 0 Å². The van der Waals surface area contributed by atoms with Gasteiger partial charge < -0.3 is 20.5 Å². The minimum absolute atomic E-state index is 0.0366. The van der Waals surface area contributed by atoms with E-state index in [2.05, 4.69) is 10.3 Å². The Hall–Kier alpha value is -3.00. The van der Waals surface area contributed by atoms with Crippen LogP contribution in [0.2, 0.25) is 0 Å². The molecule has 8 heteroatoms. The number of fused-ring (bicyclic) bond motifs is 2. The number of hydrogen-bond acceptors (Lipinski definition) is 4. The summed E-state index contributed by atoms with van der Waals surface area (Å²) >= 11 is 0. The van der Waals surface area contributed by atoms with Gasteiger partial charge in [-0.15, -0.1) is 0 Å². The fourth-order valence-corrected chi connectivity index (χ4v) is 4.85. The molecule has 0 amide bonds. The number of aliphatic hydroxyl groups is 1. The lowest BCUT2D eigenvalue weighted by Gasteiger charge is -2.46. The monoisotopic (exact) mass is 460 g/mol. The van der Waals surface area contributed by atoms with Crippen molar-refractivity contribution >= 4 is 16.6 Å². The van der Waals surface area contributed by atoms with Gasteiger partial charge in [0.05, 0.1) is 11.6 Å². The maximum atomic E-state index is 14.4. The van der Waals surface area contributed by atoms with Crippen LogP contribution in [-0.2, 0) is 0 Å². The van der Waals surface area contributed by atoms with Gasteiger partial charge in [0.2, 0.25) is 5.56 Å². The Morgan fingerprint density at radius 1 is 1.21 bits per heavy atom. The van der Waals surface area contributed by atoms with Crippen molar-refractivity contribution in [3.8, 4) is 5.75 Å². The number of rotatable bonds is 4. The summed E-state index contributed by atoms with van der Waals surface area (Å²) in [7, 11) is 0. The zero-order valence-electron chi connectivity index (χ0n) is 18.6. The maximum absolute atomic E-state index is 14.4. The number of phenols is 1. The summed E-state index contributed by atoms with van der Waals surface area (Å²) in [6.07, 6.45) is -5.16. The van der Waals surface area contributed by atoms with Crippen LogP contribution in [0.4, 0.5) is 18.9 Å². The van der Waals surface area contributed by atoms with Crippen LogP contribution in [0.15, 0.2) is 47.3 Å². The highest BCUT2D eigenvalue weighted by atomic mass is 19.4. The van der Waals surface area contributed by atoms with E-state index in [1.54, 1.807) is 37.3 Å². The number of halogens is 3. The molecule has 0 aliphatic heterocycles. The zero-order valence-corrected chi connectivity index (χ0v) is 18.6. The molecule has 0 radical (unpaired) electrons. The van der Waals surface area contributed by atoms with Gasteiger partial charge >= 0.3 is 6.18 Å². The average molecular weight is 460 g/mol. The molecule has 5 nitrogen and oxygen atoms in total. The first-order valence-electron chi connectivity index (χ1n) is 11.0. The second-order valence-corrected chi connectivity index (χ2v) is 9.10. The lowest BCUT2D eigenvalue weighted by atomic mass is 9.68. The Labute approximate surface area is 189 Å². The van der Waals surface area contributed by atoms with Crippen LogP contribution in [0.1, 0.15) is 68.2 Å². The van der Waals surface area contributed by atoms with Gasteiger partial charge in [-0.3, -0.25) is 4.79 Å². The number of H-pyrrole nitrogens is 1. The van der Waals surface area contributed by atoms with Crippen molar-refractivity contribution < 1.29 is 23.4 Å². The first-order chi connectivity index (χ1) is 15.5. The van der Waals surface area contributed by atoms with Gasteiger partial charge in [-0.25, -0.2) is 0 Å². The van der Waals surface area contributed by atoms with E-state index in [0.717, 1.165) is 0 Å². The predicted molar refractivity (Wildman–Crippen MR) is 122 cm³/mol. The number of anilines is 1. The topological polar surface area (TPSA) is 85.4 Å². The number of phenolic OH excluding ortho intramolecular Hbond substituents is 1. The minimum Gasteiger partial charge on any atom is -0.508 e. The molecule has 2 aromatic carbocycles. The van der Waals surface area contributed by atoms with Gasteiger partial charge in [-0.1, -0.05) is 32.9 Å². The molecule has 3 aromatic rings. The summed E-state index contributed by atoms with van der Waals surface area (Å²) in [4.78, 5) is 14.4. The van der Waals surface area contributed by atoms with Crippen molar-refractivity contribution in [1.82, 2.24) is 4.98 Å². The molecule has 0 unspecified atom stereocenters. The number of hydrogen-bond donors (Lipinski definition) is 4. The molecule has 176 valence electrons. The highest BCUT2D eigenvalue weighted by Gasteiger charge is 2.62. The summed E-state index contributed by atoms with van der Waals surface area (Å²) in [5.41, 5.74) is -1.24. The summed E-state index contributed by atoms with van der Waals surface area (Å²) in [6.45, 7) is 5.53. The third kappa shape index (κ3) is 3.86. The number of alkyl halides is 3. The quantitative estimate of drug-likeness (QED) is 0.402. The van der Waals surface area contributed by atoms with E-state index in [-0.39, 0.29) is 22.8 Å². The molecular formula is C25H27F3N2O3. The Bertz CT molecular complexity index is 1250. The highest BCUT2D eigenvalue weighted by Crippen LogP contribution is 2.55. The second-order valence-electron chi connectivity index (χ2n) is 9.10. The predicted octanol–water partition coefficient (Wildman–Crippen LogP) is 5.70. The lowest BCUT2D eigenvalue weighted by molar-refractivity contribution is -0.272. The molecule has 4 rings (SSSR count). The Morgan fingerprint density at radius 3 is 2.58 bits per heavy atom. The first-order valence-corrected chi connectivity index (χ1v) is 11.0. The molecule has 0 fully saturated rings. The third-order valence-corrected chi connectivity index (χ3v) is 6.68. The van der Waals surface area contributed by atoms with E-state index >= 15 is 0 Å². The van der Waals surface area contributed by atoms with E-state index in [1.165, 1.54) is 12.1 Å². The van der Waals surface area contributed by atoms with Crippen molar-refractivity contribution in [3.63, 3.8) is 0 Å². The number of aromatic hydroxyl groups is 1. The van der Waals surface area contributed by atoms with Crippen molar-refractivity contribution in [2.75, 3.05) is 5.32 Å². The number of nitrogens with one attached hydrogen (secondary N) is 2. The van der Waals surface area contributed by atoms with Gasteiger partial charge in [0.25, 0.3) is 0 Å². The number of aromatic nitrogens is 1. The number of pyridine rings is 1. The number of benzene rings is 2. The SMILES string of the molecule is CC[C@H]1C[C@@](O)(C(F)(F)F)[C@@H](Nc2cccc3[nH]c(=O)ccc23)c2cc(C(C)C)cc(O)c21. The largest absolute Gasteiger partial charge is 0.508 e. The molecular weight excluding hydrogens is 433 g/mol. The van der Waals surface area contributed by atoms with Gasteiger partial charge in [0.15, 0.2) is 5.60 Å². The summed E-state index contributed by atoms with van der Waals surface area (Å²) in [5.74, 6) is -0.749. The minimum atomic E-state index is -4.92. The third-order valence-electron chi connectivity index (χ3n) is 6.68. The molecule has 1 aliphatic rings. The lowest BCUT2D eigenvalue weighted by Crippen LogP contribution is -2.55. The molecule has 0 saturated carbocycles. The van der Waals surface area contributed by atoms with E-state index < -0.39 is 30.2 Å². The standard InChI is InChI=1S/C25H27F3N2O3/c1-4-14-12-24(33,25(26,27)28)23(17-10-15(13(2)3)11-20(31)22(14)17)30-19-7-5-6-18-16(19)8-9-21(32)29-18/h5-11,13-14,23,30-31,33H,4,12H2,1-3H3,(H,29,32)/t14-,23-,24-/m0/s1. The maximum Gasteiger partial charge on any atom is 0.419 e. The molecule has 0 bridgehead atoms. The van der Waals surface area contributed by atoms with Crippen molar-refractivity contribution in [1.29, 1.82) is 0 Å². The zero-order chi connectivity index (χ0) is 24.1. The number of aromatic amines is 1. The van der Waals surface area contributed by atoms with Gasteiger partial charge in [-0.05, 0) is 60.1 Å². The first kappa shape index (κ1) is 23.2. The Morgan fingerprint density at radius 2 is 1.94 bits per heavy atom. The summed E-state index contributed by atoms with van der Waals surface area (Å²) < 4.78 is 43.2. The highest BCUT2D eigenvalue weighted by molar-refractivity contribution is 5.91. The van der Waals surface area contributed by atoms with Crippen molar-refractivity contribution in [3.05, 3.63) is 69.5 Å². The van der Waals surface area contributed by atoms with Gasteiger partial charge in [0, 0.05) is 22.7 Å². The molecule has 0 saturated heterocycles. The average Bonchev–Trinajstić information content (AvgIpc) is 2.74. The van der Waals surface area contributed by atoms with Crippen LogP contribution in [0.25, 0.3) is 10.9 Å². The molecule has 0 spiro atoms. The van der Waals surface area contributed by atoms with E-state index in [4.69, 9.17) is 0 Å². The summed E-state index contributed by atoms with van der Waals surface area (Å²) in [6, 6.07) is 9.41. The van der Waals surface area contributed by atoms with E-state index in [1.807, 2.05) is 13.8 Å². The molecule has 1 aromatic heterocycles. The Kier molecular flexibility index (Phi) is 5.68. The van der Waals surface area contributed by atoms with Crippen LogP contribution in [0.3, 0.4) is 0 Å². The van der Waals surface area contributed by atoms with Crippen LogP contribution >= 0.6 is 0 Å². The van der Waals surface area contributed by atoms with E-state index in [0.29, 0.717) is 34.1 Å². The van der Waals surface area contributed by atoms with Crippen LogP contribution in [-0.4, -0.2) is 27.0 Å². The fourth-order valence-electron chi connectivity index (χ4n) is 4.85. The molecule has 1 aliphatic carbocycles. The smallest absolute Gasteiger partial charge is 0.419 e. The molecule has 4 N–H and O–H groups in total. The summed E-state index contributed by atoms with van der Waals surface area (Å²) in [5, 5.41) is 25.5. The molecule has 1 heterocycles. The van der Waals surface area contributed by atoms with Gasteiger partial charge in [0.1, 0.15) is 5.75 Å². The van der Waals surface area contributed by atoms with E-state index in [9.17, 15) is 28.2 Å². The van der Waals surface area contributed by atoms with Crippen molar-refractivity contribution in [2.45, 2.75) is 63.3 Å². The van der Waals surface area contributed by atoms with Crippen LogP contribution in [0, 0.1) is 0 Å². The normalized spacial score (nSPS) is 23.0. The second kappa shape index (κ2) is 8.09. The molecule has 33 heavy (non-hydrogen) atoms. The van der Waals surface area contributed by atoms with Crippen LogP contribution in [0.5, 0.6) is 5.75 Å². The molecule has 3 atom stereocenters.